The van der Waals surface area contributed by atoms with Crippen molar-refractivity contribution in [2.24, 2.45) is 5.92 Å². The first kappa shape index (κ1) is 28.0. The quantitative estimate of drug-likeness (QED) is 0.500. The van der Waals surface area contributed by atoms with Gasteiger partial charge in [-0.05, 0) is 44.0 Å². The van der Waals surface area contributed by atoms with Crippen LogP contribution in [0.25, 0.3) is 0 Å². The highest BCUT2D eigenvalue weighted by Gasteiger charge is 2.31. The predicted octanol–water partition coefficient (Wildman–Crippen LogP) is 4.26. The summed E-state index contributed by atoms with van der Waals surface area (Å²) in [4.78, 5) is 27.6. The fraction of sp³-hybridized carbons (Fsp3) is 0.417. The highest BCUT2D eigenvalue weighted by Crippen LogP contribution is 2.27. The zero-order valence-electron chi connectivity index (χ0n) is 20.0. The molecule has 0 saturated heterocycles. The molecule has 0 aliphatic heterocycles. The van der Waals surface area contributed by atoms with Gasteiger partial charge in [0.05, 0.1) is 11.9 Å². The standard InChI is InChI=1S/C24H31Cl2N3O4S/c1-16(2)13-27-24(31)18(4)28(14-20-21(25)7-6-8-22(20)26)23(30)15-29(34(5,32)33)19-11-9-17(3)10-12-19/h6-12,16,18H,13-15H2,1-5H3,(H,27,31)/t18-/m0/s1. The number of anilines is 1. The molecule has 34 heavy (non-hydrogen) atoms. The largest absolute Gasteiger partial charge is 0.354 e. The Bertz CT molecular complexity index is 1100. The van der Waals surface area contributed by atoms with Crippen LogP contribution in [0.4, 0.5) is 5.69 Å². The first-order valence-electron chi connectivity index (χ1n) is 10.9. The fourth-order valence-electron chi connectivity index (χ4n) is 3.21. The van der Waals surface area contributed by atoms with E-state index in [2.05, 4.69) is 5.32 Å². The SMILES string of the molecule is Cc1ccc(N(CC(=O)N(Cc2c(Cl)cccc2Cl)[C@@H](C)C(=O)NCC(C)C)S(C)(=O)=O)cc1. The summed E-state index contributed by atoms with van der Waals surface area (Å²) in [6.07, 6.45) is 1.04. The molecule has 0 fully saturated rings. The normalized spacial score (nSPS) is 12.4. The number of rotatable bonds is 10. The summed E-state index contributed by atoms with van der Waals surface area (Å²) < 4.78 is 26.1. The molecule has 0 spiro atoms. The Balaban J connectivity index is 2.41. The van der Waals surface area contributed by atoms with Gasteiger partial charge in [0.1, 0.15) is 12.6 Å². The van der Waals surface area contributed by atoms with Crippen LogP contribution in [0.5, 0.6) is 0 Å². The van der Waals surface area contributed by atoms with Crippen LogP contribution in [-0.2, 0) is 26.2 Å². The third kappa shape index (κ3) is 7.61. The lowest BCUT2D eigenvalue weighted by Gasteiger charge is -2.32. The minimum Gasteiger partial charge on any atom is -0.354 e. The Labute approximate surface area is 212 Å². The lowest BCUT2D eigenvalue weighted by Crippen LogP contribution is -2.51. The van der Waals surface area contributed by atoms with Crippen LogP contribution < -0.4 is 9.62 Å². The van der Waals surface area contributed by atoms with E-state index in [-0.39, 0.29) is 18.4 Å². The number of carbonyl (C=O) groups is 2. The predicted molar refractivity (Wildman–Crippen MR) is 138 cm³/mol. The second-order valence-electron chi connectivity index (χ2n) is 8.64. The Morgan fingerprint density at radius 1 is 1.00 bits per heavy atom. The molecule has 0 saturated carbocycles. The van der Waals surface area contributed by atoms with E-state index in [1.54, 1.807) is 49.4 Å². The van der Waals surface area contributed by atoms with Gasteiger partial charge in [0.25, 0.3) is 0 Å². The van der Waals surface area contributed by atoms with Gasteiger partial charge in [-0.3, -0.25) is 13.9 Å². The second kappa shape index (κ2) is 11.9. The van der Waals surface area contributed by atoms with Crippen LogP contribution in [0.15, 0.2) is 42.5 Å². The van der Waals surface area contributed by atoms with E-state index in [9.17, 15) is 18.0 Å². The number of amides is 2. The molecule has 7 nitrogen and oxygen atoms in total. The smallest absolute Gasteiger partial charge is 0.244 e. The first-order chi connectivity index (χ1) is 15.8. The average molecular weight is 529 g/mol. The number of hydrogen-bond acceptors (Lipinski definition) is 4. The molecule has 0 radical (unpaired) electrons. The summed E-state index contributed by atoms with van der Waals surface area (Å²) in [7, 11) is -3.78. The van der Waals surface area contributed by atoms with Gasteiger partial charge in [0.15, 0.2) is 0 Å². The third-order valence-corrected chi connectivity index (χ3v) is 7.09. The van der Waals surface area contributed by atoms with E-state index in [0.29, 0.717) is 27.8 Å². The van der Waals surface area contributed by atoms with Crippen molar-refractivity contribution in [3.63, 3.8) is 0 Å². The van der Waals surface area contributed by atoms with E-state index in [1.807, 2.05) is 20.8 Å². The number of sulfonamides is 1. The van der Waals surface area contributed by atoms with Gasteiger partial charge < -0.3 is 10.2 Å². The first-order valence-corrected chi connectivity index (χ1v) is 13.5. The van der Waals surface area contributed by atoms with Crippen LogP contribution >= 0.6 is 23.2 Å². The van der Waals surface area contributed by atoms with E-state index >= 15 is 0 Å². The van der Waals surface area contributed by atoms with Gasteiger partial charge in [0.2, 0.25) is 21.8 Å². The molecule has 1 atom stereocenters. The Hall–Kier alpha value is -2.29. The number of nitrogens with zero attached hydrogens (tertiary/aromatic N) is 2. The molecule has 10 heteroatoms. The van der Waals surface area contributed by atoms with Gasteiger partial charge in [-0.15, -0.1) is 0 Å². The minimum absolute atomic E-state index is 0.0564. The zero-order chi connectivity index (χ0) is 25.6. The number of carbonyl (C=O) groups excluding carboxylic acids is 2. The molecule has 0 aromatic heterocycles. The van der Waals surface area contributed by atoms with Crippen LogP contribution in [0.3, 0.4) is 0 Å². The molecule has 0 heterocycles. The van der Waals surface area contributed by atoms with Crippen molar-refractivity contribution in [3.05, 3.63) is 63.6 Å². The Kier molecular flexibility index (Phi) is 9.79. The lowest BCUT2D eigenvalue weighted by atomic mass is 10.1. The van der Waals surface area contributed by atoms with E-state index in [0.717, 1.165) is 16.1 Å². The van der Waals surface area contributed by atoms with Crippen molar-refractivity contribution in [2.45, 2.75) is 40.3 Å². The summed E-state index contributed by atoms with van der Waals surface area (Å²) in [5, 5.41) is 3.51. The molecule has 2 rings (SSSR count). The molecule has 0 aliphatic rings. The molecule has 186 valence electrons. The maximum absolute atomic E-state index is 13.5. The highest BCUT2D eigenvalue weighted by molar-refractivity contribution is 7.92. The van der Waals surface area contributed by atoms with Crippen LogP contribution in [0.2, 0.25) is 10.0 Å². The van der Waals surface area contributed by atoms with Gasteiger partial charge in [0, 0.05) is 28.7 Å². The van der Waals surface area contributed by atoms with Crippen molar-refractivity contribution in [1.29, 1.82) is 0 Å². The van der Waals surface area contributed by atoms with Gasteiger partial charge in [-0.1, -0.05) is 60.8 Å². The molecular weight excluding hydrogens is 497 g/mol. The van der Waals surface area contributed by atoms with Crippen molar-refractivity contribution in [2.75, 3.05) is 23.7 Å². The van der Waals surface area contributed by atoms with Crippen LogP contribution in [0.1, 0.15) is 31.9 Å². The van der Waals surface area contributed by atoms with Gasteiger partial charge in [-0.25, -0.2) is 8.42 Å². The third-order valence-electron chi connectivity index (χ3n) is 5.24. The summed E-state index contributed by atoms with van der Waals surface area (Å²) in [6, 6.07) is 10.9. The van der Waals surface area contributed by atoms with Crippen LogP contribution in [-0.4, -0.2) is 50.5 Å². The minimum atomic E-state index is -3.78. The molecule has 0 bridgehead atoms. The summed E-state index contributed by atoms with van der Waals surface area (Å²) in [5.74, 6) is -0.693. The maximum atomic E-state index is 13.5. The number of nitrogens with one attached hydrogen (secondary N) is 1. The number of halogens is 2. The summed E-state index contributed by atoms with van der Waals surface area (Å²) >= 11 is 12.7. The fourth-order valence-corrected chi connectivity index (χ4v) is 4.58. The molecule has 1 N–H and O–H groups in total. The Morgan fingerprint density at radius 2 is 1.56 bits per heavy atom. The van der Waals surface area contributed by atoms with Crippen LogP contribution in [0, 0.1) is 12.8 Å². The molecule has 2 amide bonds. The molecule has 2 aromatic rings. The molecule has 0 unspecified atom stereocenters. The second-order valence-corrected chi connectivity index (χ2v) is 11.4. The lowest BCUT2D eigenvalue weighted by molar-refractivity contribution is -0.139. The molecular formula is C24H31Cl2N3O4S. The highest BCUT2D eigenvalue weighted by atomic mass is 35.5. The number of hydrogen-bond donors (Lipinski definition) is 1. The van der Waals surface area contributed by atoms with Crippen molar-refractivity contribution in [1.82, 2.24) is 10.2 Å². The van der Waals surface area contributed by atoms with E-state index in [4.69, 9.17) is 23.2 Å². The van der Waals surface area contributed by atoms with Gasteiger partial charge >= 0.3 is 0 Å². The zero-order valence-corrected chi connectivity index (χ0v) is 22.3. The van der Waals surface area contributed by atoms with E-state index < -0.39 is 28.5 Å². The Morgan fingerprint density at radius 3 is 2.06 bits per heavy atom. The van der Waals surface area contributed by atoms with Crippen molar-refractivity contribution >= 4 is 50.7 Å². The van der Waals surface area contributed by atoms with Crippen molar-refractivity contribution < 1.29 is 18.0 Å². The summed E-state index contributed by atoms with van der Waals surface area (Å²) in [6.45, 7) is 7.30. The molecule has 0 aliphatic carbocycles. The number of aryl methyl sites for hydroxylation is 1. The summed E-state index contributed by atoms with van der Waals surface area (Å²) in [5.41, 5.74) is 1.78. The van der Waals surface area contributed by atoms with Gasteiger partial charge in [-0.2, -0.15) is 0 Å². The maximum Gasteiger partial charge on any atom is 0.244 e. The average Bonchev–Trinajstić information content (AvgIpc) is 2.75. The number of benzene rings is 2. The monoisotopic (exact) mass is 527 g/mol. The van der Waals surface area contributed by atoms with Crippen molar-refractivity contribution in [3.8, 4) is 0 Å². The molecule has 2 aromatic carbocycles. The van der Waals surface area contributed by atoms with E-state index in [1.165, 1.54) is 4.90 Å². The topological polar surface area (TPSA) is 86.8 Å².